The molecule has 3 rings (SSSR count). The first-order valence-corrected chi connectivity index (χ1v) is 6.31. The smallest absolute Gasteiger partial charge is 0.230 e. The molecule has 1 amide bonds. The summed E-state index contributed by atoms with van der Waals surface area (Å²) in [6.07, 6.45) is 3.12. The fraction of sp³-hybridized carbons (Fsp3) is 0.500. The van der Waals surface area contributed by atoms with Crippen LogP contribution in [0.5, 0.6) is 0 Å². The Bertz CT molecular complexity index is 425. The van der Waals surface area contributed by atoms with Gasteiger partial charge in [-0.2, -0.15) is 0 Å². The van der Waals surface area contributed by atoms with Crippen LogP contribution in [0, 0.1) is 5.41 Å². The number of carbonyl (C=O) groups is 1. The summed E-state index contributed by atoms with van der Waals surface area (Å²) in [4.78, 5) is 14.3. The van der Waals surface area contributed by atoms with Crippen LogP contribution in [0.2, 0.25) is 0 Å². The molecule has 1 heterocycles. The van der Waals surface area contributed by atoms with E-state index in [4.69, 9.17) is 5.73 Å². The Hall–Kier alpha value is -1.35. The maximum absolute atomic E-state index is 12.4. The first-order valence-electron chi connectivity index (χ1n) is 6.31. The van der Waals surface area contributed by atoms with Crippen LogP contribution in [0.25, 0.3) is 0 Å². The van der Waals surface area contributed by atoms with E-state index in [0.717, 1.165) is 19.3 Å². The first-order chi connectivity index (χ1) is 8.22. The number of nitrogens with zero attached hydrogens (tertiary/aromatic N) is 1. The van der Waals surface area contributed by atoms with E-state index in [1.54, 1.807) is 0 Å². The molecular weight excluding hydrogens is 212 g/mol. The van der Waals surface area contributed by atoms with Gasteiger partial charge in [-0.3, -0.25) is 4.79 Å². The molecule has 1 aromatic rings. The predicted molar refractivity (Wildman–Crippen MR) is 66.1 cm³/mol. The Kier molecular flexibility index (Phi) is 2.44. The monoisotopic (exact) mass is 230 g/mol. The minimum atomic E-state index is -0.200. The molecule has 3 heteroatoms. The molecule has 0 bridgehead atoms. The molecule has 1 saturated carbocycles. The second-order valence-corrected chi connectivity index (χ2v) is 5.29. The average Bonchev–Trinajstić information content (AvgIpc) is 2.51. The zero-order valence-corrected chi connectivity index (χ0v) is 9.93. The van der Waals surface area contributed by atoms with Crippen LogP contribution in [0.4, 0.5) is 0 Å². The maximum atomic E-state index is 12.4. The molecule has 1 aliphatic heterocycles. The summed E-state index contributed by atoms with van der Waals surface area (Å²) in [6.45, 7) is 1.42. The Morgan fingerprint density at radius 3 is 2.53 bits per heavy atom. The highest BCUT2D eigenvalue weighted by Crippen LogP contribution is 2.48. The number of hydrogen-bond acceptors (Lipinski definition) is 2. The molecule has 1 aromatic carbocycles. The summed E-state index contributed by atoms with van der Waals surface area (Å²) >= 11 is 0. The Morgan fingerprint density at radius 2 is 2.00 bits per heavy atom. The van der Waals surface area contributed by atoms with Crippen molar-refractivity contribution >= 4 is 5.91 Å². The van der Waals surface area contributed by atoms with Gasteiger partial charge in [0.25, 0.3) is 0 Å². The fourth-order valence-corrected chi connectivity index (χ4v) is 3.05. The molecule has 1 saturated heterocycles. The minimum absolute atomic E-state index is 0.0347. The van der Waals surface area contributed by atoms with Gasteiger partial charge in [0, 0.05) is 19.1 Å². The van der Waals surface area contributed by atoms with Crippen LogP contribution in [-0.2, 0) is 11.3 Å². The first kappa shape index (κ1) is 10.8. The van der Waals surface area contributed by atoms with Crippen molar-refractivity contribution in [3.63, 3.8) is 0 Å². The number of likely N-dealkylation sites (tertiary alicyclic amines) is 1. The van der Waals surface area contributed by atoms with Crippen molar-refractivity contribution in [1.29, 1.82) is 0 Å². The van der Waals surface area contributed by atoms with Crippen molar-refractivity contribution in [3.05, 3.63) is 35.9 Å². The number of nitrogens with two attached hydrogens (primary N) is 1. The van der Waals surface area contributed by atoms with E-state index in [2.05, 4.69) is 12.1 Å². The van der Waals surface area contributed by atoms with E-state index in [-0.39, 0.29) is 17.4 Å². The third kappa shape index (κ3) is 1.57. The lowest BCUT2D eigenvalue weighted by Gasteiger charge is -2.39. The molecule has 2 aliphatic rings. The molecule has 17 heavy (non-hydrogen) atoms. The molecular formula is C14H18N2O. The van der Waals surface area contributed by atoms with Crippen LogP contribution in [0.3, 0.4) is 0 Å². The number of amides is 1. The standard InChI is InChI=1S/C14H18N2O/c15-12-10-16(9-11-5-2-1-3-6-11)13(17)14(12)7-4-8-14/h1-3,5-6,12H,4,7-10,15H2. The van der Waals surface area contributed by atoms with Gasteiger partial charge >= 0.3 is 0 Å². The van der Waals surface area contributed by atoms with Gasteiger partial charge in [-0.25, -0.2) is 0 Å². The predicted octanol–water partition coefficient (Wildman–Crippen LogP) is 1.53. The SMILES string of the molecule is NC1CN(Cc2ccccc2)C(=O)C12CCC2. The van der Waals surface area contributed by atoms with Gasteiger partial charge < -0.3 is 10.6 Å². The molecule has 2 fully saturated rings. The highest BCUT2D eigenvalue weighted by atomic mass is 16.2. The summed E-state index contributed by atoms with van der Waals surface area (Å²) < 4.78 is 0. The Balaban J connectivity index is 1.76. The summed E-state index contributed by atoms with van der Waals surface area (Å²) in [5.74, 6) is 0.278. The van der Waals surface area contributed by atoms with Crippen LogP contribution >= 0.6 is 0 Å². The third-order valence-electron chi connectivity index (χ3n) is 4.30. The summed E-state index contributed by atoms with van der Waals surface area (Å²) in [5.41, 5.74) is 7.13. The maximum Gasteiger partial charge on any atom is 0.230 e. The van der Waals surface area contributed by atoms with Crippen molar-refractivity contribution in [2.24, 2.45) is 11.1 Å². The number of hydrogen-bond donors (Lipinski definition) is 1. The normalized spacial score (nSPS) is 26.3. The lowest BCUT2D eigenvalue weighted by atomic mass is 9.65. The van der Waals surface area contributed by atoms with Crippen LogP contribution in [0.1, 0.15) is 24.8 Å². The number of rotatable bonds is 2. The highest BCUT2D eigenvalue weighted by Gasteiger charge is 2.55. The van der Waals surface area contributed by atoms with Gasteiger partial charge in [0.15, 0.2) is 0 Å². The summed E-state index contributed by atoms with van der Waals surface area (Å²) in [5, 5.41) is 0. The van der Waals surface area contributed by atoms with E-state index >= 15 is 0 Å². The van der Waals surface area contributed by atoms with Crippen molar-refractivity contribution in [3.8, 4) is 0 Å². The van der Waals surface area contributed by atoms with E-state index in [0.29, 0.717) is 13.1 Å². The number of carbonyl (C=O) groups excluding carboxylic acids is 1. The lowest BCUT2D eigenvalue weighted by molar-refractivity contribution is -0.140. The lowest BCUT2D eigenvalue weighted by Crippen LogP contribution is -2.48. The molecule has 3 nitrogen and oxygen atoms in total. The van der Waals surface area contributed by atoms with E-state index in [1.807, 2.05) is 23.1 Å². The molecule has 0 aromatic heterocycles. The van der Waals surface area contributed by atoms with Gasteiger partial charge in [-0.05, 0) is 18.4 Å². The quantitative estimate of drug-likeness (QED) is 0.837. The Labute approximate surface area is 102 Å². The van der Waals surface area contributed by atoms with Gasteiger partial charge in [-0.1, -0.05) is 36.8 Å². The van der Waals surface area contributed by atoms with E-state index in [9.17, 15) is 4.79 Å². The molecule has 90 valence electrons. The summed E-state index contributed by atoms with van der Waals surface area (Å²) in [7, 11) is 0. The molecule has 1 aliphatic carbocycles. The van der Waals surface area contributed by atoms with Crippen LogP contribution < -0.4 is 5.73 Å². The molecule has 1 spiro atoms. The average molecular weight is 230 g/mol. The van der Waals surface area contributed by atoms with Gasteiger partial charge in [0.05, 0.1) is 5.41 Å². The molecule has 0 radical (unpaired) electrons. The Morgan fingerprint density at radius 1 is 1.29 bits per heavy atom. The van der Waals surface area contributed by atoms with Gasteiger partial charge in [0.1, 0.15) is 0 Å². The summed E-state index contributed by atoms with van der Waals surface area (Å²) in [6, 6.07) is 10.2. The molecule has 2 N–H and O–H groups in total. The van der Waals surface area contributed by atoms with Crippen molar-refractivity contribution in [2.75, 3.05) is 6.54 Å². The third-order valence-corrected chi connectivity index (χ3v) is 4.30. The second-order valence-electron chi connectivity index (χ2n) is 5.29. The van der Waals surface area contributed by atoms with Crippen molar-refractivity contribution < 1.29 is 4.79 Å². The van der Waals surface area contributed by atoms with Crippen LogP contribution in [-0.4, -0.2) is 23.4 Å². The van der Waals surface area contributed by atoms with Gasteiger partial charge in [-0.15, -0.1) is 0 Å². The minimum Gasteiger partial charge on any atom is -0.336 e. The number of benzene rings is 1. The van der Waals surface area contributed by atoms with Crippen molar-refractivity contribution in [1.82, 2.24) is 4.90 Å². The second kappa shape index (κ2) is 3.84. The zero-order chi connectivity index (χ0) is 11.9. The van der Waals surface area contributed by atoms with Crippen LogP contribution in [0.15, 0.2) is 30.3 Å². The van der Waals surface area contributed by atoms with Gasteiger partial charge in [0.2, 0.25) is 5.91 Å². The fourth-order valence-electron chi connectivity index (χ4n) is 3.05. The van der Waals surface area contributed by atoms with E-state index in [1.165, 1.54) is 5.56 Å². The molecule has 1 atom stereocenters. The topological polar surface area (TPSA) is 46.3 Å². The highest BCUT2D eigenvalue weighted by molar-refractivity contribution is 5.87. The zero-order valence-electron chi connectivity index (χ0n) is 9.93. The largest absolute Gasteiger partial charge is 0.336 e. The molecule has 1 unspecified atom stereocenters. The van der Waals surface area contributed by atoms with Crippen molar-refractivity contribution in [2.45, 2.75) is 31.8 Å². The van der Waals surface area contributed by atoms with E-state index < -0.39 is 0 Å².